The van der Waals surface area contributed by atoms with Crippen LogP contribution in [0.25, 0.3) is 10.8 Å². The number of carbonyl (C=O) groups excluding carboxylic acids is 2. The number of amides is 2. The highest BCUT2D eigenvalue weighted by Crippen LogP contribution is 2.31. The molecule has 5 heterocycles. The molecule has 3 N–H and O–H groups in total. The molecule has 0 aliphatic carbocycles. The third-order valence-electron chi connectivity index (χ3n) is 8.17. The van der Waals surface area contributed by atoms with Gasteiger partial charge in [0.1, 0.15) is 11.5 Å². The lowest BCUT2D eigenvalue weighted by Gasteiger charge is -2.45. The molecule has 0 unspecified atom stereocenters. The third kappa shape index (κ3) is 4.43. The van der Waals surface area contributed by atoms with Crippen LogP contribution in [0.1, 0.15) is 47.4 Å². The van der Waals surface area contributed by atoms with Crippen molar-refractivity contribution in [2.24, 2.45) is 0 Å². The topological polar surface area (TPSA) is 97.5 Å². The highest BCUT2D eigenvalue weighted by atomic mass is 35.5. The van der Waals surface area contributed by atoms with Crippen LogP contribution in [0.15, 0.2) is 41.2 Å². The van der Waals surface area contributed by atoms with Gasteiger partial charge < -0.3 is 25.4 Å². The predicted octanol–water partition coefficient (Wildman–Crippen LogP) is 3.45. The van der Waals surface area contributed by atoms with E-state index in [1.165, 1.54) is 6.07 Å². The van der Waals surface area contributed by atoms with E-state index in [1.807, 2.05) is 30.0 Å². The van der Waals surface area contributed by atoms with E-state index in [-0.39, 0.29) is 53.3 Å². The lowest BCUT2D eigenvalue weighted by molar-refractivity contribution is -0.131. The van der Waals surface area contributed by atoms with E-state index in [9.17, 15) is 18.8 Å². The molecule has 0 radical (unpaired) electrons. The van der Waals surface area contributed by atoms with Crippen LogP contribution >= 0.6 is 11.6 Å². The summed E-state index contributed by atoms with van der Waals surface area (Å²) >= 11 is 6.12. The summed E-state index contributed by atoms with van der Waals surface area (Å²) in [6.45, 7) is 3.76. The Bertz CT molecular complexity index is 1500. The van der Waals surface area contributed by atoms with Gasteiger partial charge >= 0.3 is 0 Å². The summed E-state index contributed by atoms with van der Waals surface area (Å²) < 4.78 is 14.9. The number of benzene rings is 2. The van der Waals surface area contributed by atoms with Gasteiger partial charge in [-0.25, -0.2) is 4.39 Å². The first-order valence-corrected chi connectivity index (χ1v) is 13.4. The predicted molar refractivity (Wildman–Crippen MR) is 144 cm³/mol. The van der Waals surface area contributed by atoms with Crippen LogP contribution in [-0.4, -0.2) is 64.9 Å². The molecule has 2 bridgehead atoms. The normalized spacial score (nSPS) is 22.4. The number of hydrogen-bond acceptors (Lipinski definition) is 5. The van der Waals surface area contributed by atoms with Crippen molar-refractivity contribution in [2.75, 3.05) is 31.5 Å². The largest absolute Gasteiger partial charge is 0.374 e. The van der Waals surface area contributed by atoms with E-state index in [4.69, 9.17) is 11.6 Å². The van der Waals surface area contributed by atoms with Gasteiger partial charge in [0.15, 0.2) is 0 Å². The molecule has 2 amide bonds. The first-order chi connectivity index (χ1) is 18.3. The summed E-state index contributed by atoms with van der Waals surface area (Å²) in [6, 6.07) is 10.2. The van der Waals surface area contributed by atoms with E-state index in [1.54, 1.807) is 11.0 Å². The second-order valence-electron chi connectivity index (χ2n) is 10.4. The molecule has 3 atom stereocenters. The first kappa shape index (κ1) is 24.9. The maximum absolute atomic E-state index is 14.9. The van der Waals surface area contributed by atoms with Gasteiger partial charge in [-0.2, -0.15) is 0 Å². The number of fused-ring (bicyclic) bond motifs is 5. The van der Waals surface area contributed by atoms with E-state index < -0.39 is 11.4 Å². The van der Waals surface area contributed by atoms with Crippen molar-refractivity contribution in [1.82, 2.24) is 20.1 Å². The summed E-state index contributed by atoms with van der Waals surface area (Å²) in [7, 11) is 0. The highest BCUT2D eigenvalue weighted by molar-refractivity contribution is 6.30. The Hall–Kier alpha value is -3.43. The number of piperidine rings is 2. The van der Waals surface area contributed by atoms with Gasteiger partial charge in [-0.05, 0) is 73.0 Å². The number of nitrogens with one attached hydrogen (secondary N) is 3. The maximum atomic E-state index is 14.9. The third-order valence-corrected chi connectivity index (χ3v) is 8.40. The van der Waals surface area contributed by atoms with Crippen LogP contribution in [0.4, 0.5) is 10.1 Å². The van der Waals surface area contributed by atoms with Gasteiger partial charge in [-0.3, -0.25) is 14.4 Å². The molecule has 7 rings (SSSR count). The zero-order valence-corrected chi connectivity index (χ0v) is 21.8. The molecule has 3 saturated heterocycles. The number of anilines is 1. The van der Waals surface area contributed by atoms with E-state index in [2.05, 4.69) is 15.6 Å². The molecule has 0 spiro atoms. The highest BCUT2D eigenvalue weighted by Gasteiger charge is 2.37. The number of hydrogen-bond donors (Lipinski definition) is 3. The van der Waals surface area contributed by atoms with Crippen molar-refractivity contribution in [3.8, 4) is 0 Å². The average molecular weight is 538 g/mol. The van der Waals surface area contributed by atoms with Crippen molar-refractivity contribution < 1.29 is 14.0 Å². The first-order valence-electron chi connectivity index (χ1n) is 13.0. The van der Waals surface area contributed by atoms with Gasteiger partial charge in [-0.15, -0.1) is 0 Å². The fraction of sp³-hybridized carbons (Fsp3) is 0.393. The standard InChI is InChI=1S/C28H29ClFN5O3/c1-15-21-5-2-18(29)8-16(21)6-7-34(15)26(36)13-32-24-9-17-10-25(33-27(37)22(17)11-23(24)30)28(38)35-14-19-3-4-20(35)12-31-19/h2,5,8-11,15,19-20,31-32H,3-4,6-7,12-14H2,1H3,(H,33,37)/t15-,19+,20-/m0/s1. The molecule has 3 fully saturated rings. The number of halogens is 2. The van der Waals surface area contributed by atoms with Gasteiger partial charge in [0, 0.05) is 36.7 Å². The Morgan fingerprint density at radius 1 is 1.16 bits per heavy atom. The molecule has 0 saturated carbocycles. The van der Waals surface area contributed by atoms with E-state index in [0.717, 1.165) is 36.6 Å². The van der Waals surface area contributed by atoms with Crippen LogP contribution in [0, 0.1) is 5.82 Å². The number of nitrogens with zero attached hydrogens (tertiary/aromatic N) is 2. The summed E-state index contributed by atoms with van der Waals surface area (Å²) in [5.74, 6) is -1.02. The molecule has 4 aliphatic rings. The van der Waals surface area contributed by atoms with Crippen LogP contribution in [0.2, 0.25) is 5.02 Å². The van der Waals surface area contributed by atoms with Gasteiger partial charge in [-0.1, -0.05) is 17.7 Å². The molecule has 2 aromatic carbocycles. The Morgan fingerprint density at radius 2 is 2.00 bits per heavy atom. The van der Waals surface area contributed by atoms with Crippen molar-refractivity contribution in [1.29, 1.82) is 0 Å². The van der Waals surface area contributed by atoms with Crippen LogP contribution < -0.4 is 16.2 Å². The molecular formula is C28H29ClFN5O3. The second-order valence-corrected chi connectivity index (χ2v) is 10.9. The summed E-state index contributed by atoms with van der Waals surface area (Å²) in [4.78, 5) is 45.3. The molecule has 1 aromatic heterocycles. The van der Waals surface area contributed by atoms with E-state index >= 15 is 0 Å². The smallest absolute Gasteiger partial charge is 0.270 e. The number of aromatic amines is 1. The molecule has 4 aliphatic heterocycles. The molecule has 10 heteroatoms. The van der Waals surface area contributed by atoms with Crippen molar-refractivity contribution in [3.05, 3.63) is 74.4 Å². The minimum absolute atomic E-state index is 0.101. The lowest BCUT2D eigenvalue weighted by Crippen LogP contribution is -2.62. The van der Waals surface area contributed by atoms with Crippen LogP contribution in [-0.2, 0) is 11.2 Å². The monoisotopic (exact) mass is 537 g/mol. The summed E-state index contributed by atoms with van der Waals surface area (Å²) in [5.41, 5.74) is 1.96. The van der Waals surface area contributed by atoms with Crippen molar-refractivity contribution in [3.63, 3.8) is 0 Å². The van der Waals surface area contributed by atoms with Crippen LogP contribution in [0.3, 0.4) is 0 Å². The molecular weight excluding hydrogens is 509 g/mol. The number of pyridine rings is 1. The summed E-state index contributed by atoms with van der Waals surface area (Å²) in [6.07, 6.45) is 2.67. The average Bonchev–Trinajstić information content (AvgIpc) is 2.92. The number of aromatic nitrogens is 1. The maximum Gasteiger partial charge on any atom is 0.270 e. The Labute approximate surface area is 224 Å². The molecule has 38 heavy (non-hydrogen) atoms. The zero-order chi connectivity index (χ0) is 26.6. The van der Waals surface area contributed by atoms with Crippen molar-refractivity contribution >= 4 is 39.9 Å². The minimum atomic E-state index is -0.638. The summed E-state index contributed by atoms with van der Waals surface area (Å²) in [5, 5.41) is 7.58. The fourth-order valence-corrected chi connectivity index (χ4v) is 6.26. The fourth-order valence-electron chi connectivity index (χ4n) is 6.06. The van der Waals surface area contributed by atoms with Crippen molar-refractivity contribution in [2.45, 2.75) is 44.3 Å². The van der Waals surface area contributed by atoms with Gasteiger partial charge in [0.25, 0.3) is 11.5 Å². The molecule has 198 valence electrons. The van der Waals surface area contributed by atoms with E-state index in [0.29, 0.717) is 29.9 Å². The lowest BCUT2D eigenvalue weighted by atomic mass is 9.92. The quantitative estimate of drug-likeness (QED) is 0.473. The minimum Gasteiger partial charge on any atom is -0.374 e. The number of H-pyrrole nitrogens is 1. The van der Waals surface area contributed by atoms with Gasteiger partial charge in [0.2, 0.25) is 5.91 Å². The Kier molecular flexibility index (Phi) is 6.36. The van der Waals surface area contributed by atoms with Crippen LogP contribution in [0.5, 0.6) is 0 Å². The SMILES string of the molecule is C[C@H]1c2ccc(Cl)cc2CCN1C(=O)CNc1cc2cc(C(=O)N3C[C@H]4CC[C@H]3CN4)[nH]c(=O)c2cc1F. The van der Waals surface area contributed by atoms with Gasteiger partial charge in [0.05, 0.1) is 23.7 Å². The number of rotatable bonds is 4. The molecule has 8 nitrogen and oxygen atoms in total. The number of piperazine rings is 1. The number of carbonyl (C=O) groups is 2. The zero-order valence-electron chi connectivity index (χ0n) is 21.0. The Balaban J connectivity index is 1.20. The second kappa shape index (κ2) is 9.71. The Morgan fingerprint density at radius 3 is 2.74 bits per heavy atom. The molecule has 3 aromatic rings.